The number of amides is 1. The van der Waals surface area contributed by atoms with Crippen molar-refractivity contribution >= 4 is 5.91 Å². The molecule has 0 unspecified atom stereocenters. The van der Waals surface area contributed by atoms with E-state index < -0.39 is 5.91 Å². The minimum atomic E-state index is -0.474. The maximum absolute atomic E-state index is 12.2. The van der Waals surface area contributed by atoms with Gasteiger partial charge in [0.15, 0.2) is 0 Å². The molecule has 0 aliphatic carbocycles. The van der Waals surface area contributed by atoms with Crippen molar-refractivity contribution in [2.24, 2.45) is 0 Å². The van der Waals surface area contributed by atoms with Crippen LogP contribution < -0.4 is 0 Å². The molecule has 0 heterocycles. The number of nitriles is 1. The molecule has 6 heteroatoms. The molecule has 0 aromatic carbocycles. The van der Waals surface area contributed by atoms with Crippen molar-refractivity contribution < 1.29 is 15.0 Å². The summed E-state index contributed by atoms with van der Waals surface area (Å²) >= 11 is 0. The van der Waals surface area contributed by atoms with Gasteiger partial charge in [-0.25, -0.2) is 0 Å². The third-order valence-corrected chi connectivity index (χ3v) is 2.87. The lowest BCUT2D eigenvalue weighted by Crippen LogP contribution is -2.40. The number of rotatable bonds is 7. The zero-order chi connectivity index (χ0) is 15.8. The Morgan fingerprint density at radius 3 is 2.05 bits per heavy atom. The predicted molar refractivity (Wildman–Crippen MR) is 76.6 cm³/mol. The molecule has 0 rings (SSSR count). The summed E-state index contributed by atoms with van der Waals surface area (Å²) in [5.74, 6) is -0.474. The standard InChI is InChI=1S/C14H25N3O3/c1-5-17(14(2,3)4)11-12(10-15)13(20)16(6-8-18)7-9-19/h11,18-19H,5-9H2,1-4H3/b12-11-. The van der Waals surface area contributed by atoms with Gasteiger partial charge < -0.3 is 20.0 Å². The quantitative estimate of drug-likeness (QED) is 0.519. The summed E-state index contributed by atoms with van der Waals surface area (Å²) in [5, 5.41) is 27.0. The summed E-state index contributed by atoms with van der Waals surface area (Å²) < 4.78 is 0. The van der Waals surface area contributed by atoms with Crippen molar-refractivity contribution in [1.29, 1.82) is 5.26 Å². The fraction of sp³-hybridized carbons (Fsp3) is 0.714. The van der Waals surface area contributed by atoms with Crippen LogP contribution in [-0.2, 0) is 4.79 Å². The van der Waals surface area contributed by atoms with Crippen LogP contribution in [0.15, 0.2) is 11.8 Å². The van der Waals surface area contributed by atoms with E-state index in [9.17, 15) is 10.1 Å². The predicted octanol–water partition coefficient (Wildman–Crippen LogP) is 0.327. The largest absolute Gasteiger partial charge is 0.395 e. The van der Waals surface area contributed by atoms with Gasteiger partial charge in [-0.2, -0.15) is 5.26 Å². The van der Waals surface area contributed by atoms with Gasteiger partial charge in [0.2, 0.25) is 0 Å². The Morgan fingerprint density at radius 2 is 1.75 bits per heavy atom. The molecular weight excluding hydrogens is 258 g/mol. The smallest absolute Gasteiger partial charge is 0.266 e. The van der Waals surface area contributed by atoms with Crippen LogP contribution in [0, 0.1) is 11.3 Å². The van der Waals surface area contributed by atoms with Gasteiger partial charge in [-0.05, 0) is 27.7 Å². The highest BCUT2D eigenvalue weighted by Gasteiger charge is 2.22. The summed E-state index contributed by atoms with van der Waals surface area (Å²) in [6.07, 6.45) is 1.55. The SMILES string of the molecule is CCN(/C=C(/C#N)C(=O)N(CCO)CCO)C(C)(C)C. The van der Waals surface area contributed by atoms with Crippen LogP contribution >= 0.6 is 0 Å². The minimum absolute atomic E-state index is 0.00340. The van der Waals surface area contributed by atoms with Crippen LogP contribution in [0.3, 0.4) is 0 Å². The van der Waals surface area contributed by atoms with Crippen LogP contribution in [0.2, 0.25) is 0 Å². The fourth-order valence-electron chi connectivity index (χ4n) is 1.77. The van der Waals surface area contributed by atoms with E-state index in [2.05, 4.69) is 0 Å². The van der Waals surface area contributed by atoms with Gasteiger partial charge in [0.1, 0.15) is 11.6 Å². The van der Waals surface area contributed by atoms with Crippen molar-refractivity contribution in [1.82, 2.24) is 9.80 Å². The molecule has 114 valence electrons. The summed E-state index contributed by atoms with van der Waals surface area (Å²) in [6.45, 7) is 8.37. The lowest BCUT2D eigenvalue weighted by Gasteiger charge is -2.34. The second-order valence-electron chi connectivity index (χ2n) is 5.35. The molecule has 0 saturated carbocycles. The van der Waals surface area contributed by atoms with Crippen molar-refractivity contribution in [3.63, 3.8) is 0 Å². The number of aliphatic hydroxyl groups is 2. The van der Waals surface area contributed by atoms with Gasteiger partial charge in [-0.3, -0.25) is 4.79 Å². The van der Waals surface area contributed by atoms with Crippen molar-refractivity contribution in [3.8, 4) is 6.07 Å². The second-order valence-corrected chi connectivity index (χ2v) is 5.35. The summed E-state index contributed by atoms with van der Waals surface area (Å²) in [4.78, 5) is 15.4. The van der Waals surface area contributed by atoms with E-state index in [-0.39, 0.29) is 37.4 Å². The number of nitrogens with zero attached hydrogens (tertiary/aromatic N) is 3. The van der Waals surface area contributed by atoms with Crippen LogP contribution in [0.25, 0.3) is 0 Å². The Labute approximate surface area is 120 Å². The van der Waals surface area contributed by atoms with Crippen LogP contribution in [-0.4, -0.2) is 64.3 Å². The number of hydrogen-bond acceptors (Lipinski definition) is 5. The molecule has 1 amide bonds. The molecule has 0 fully saturated rings. The zero-order valence-corrected chi connectivity index (χ0v) is 12.8. The Bertz CT molecular complexity index is 374. The van der Waals surface area contributed by atoms with Crippen molar-refractivity contribution in [2.75, 3.05) is 32.8 Å². The van der Waals surface area contributed by atoms with E-state index in [1.54, 1.807) is 6.20 Å². The van der Waals surface area contributed by atoms with Gasteiger partial charge >= 0.3 is 0 Å². The van der Waals surface area contributed by atoms with E-state index >= 15 is 0 Å². The lowest BCUT2D eigenvalue weighted by molar-refractivity contribution is -0.127. The molecule has 0 atom stereocenters. The van der Waals surface area contributed by atoms with E-state index in [4.69, 9.17) is 10.2 Å². The molecule has 20 heavy (non-hydrogen) atoms. The third-order valence-electron chi connectivity index (χ3n) is 2.87. The lowest BCUT2D eigenvalue weighted by atomic mass is 10.1. The number of hydrogen-bond donors (Lipinski definition) is 2. The first kappa shape index (κ1) is 18.4. The van der Waals surface area contributed by atoms with Crippen molar-refractivity contribution in [2.45, 2.75) is 33.2 Å². The van der Waals surface area contributed by atoms with Gasteiger partial charge in [0.05, 0.1) is 13.2 Å². The average molecular weight is 283 g/mol. The Morgan fingerprint density at radius 1 is 1.25 bits per heavy atom. The molecule has 0 spiro atoms. The van der Waals surface area contributed by atoms with E-state index in [1.165, 1.54) is 4.90 Å². The summed E-state index contributed by atoms with van der Waals surface area (Å²) in [5.41, 5.74) is -0.195. The van der Waals surface area contributed by atoms with Crippen LogP contribution in [0.4, 0.5) is 0 Å². The highest BCUT2D eigenvalue weighted by Crippen LogP contribution is 2.15. The first-order chi connectivity index (χ1) is 9.31. The highest BCUT2D eigenvalue weighted by atomic mass is 16.3. The van der Waals surface area contributed by atoms with Gasteiger partial charge in [-0.15, -0.1) is 0 Å². The summed E-state index contributed by atoms with van der Waals surface area (Å²) in [7, 11) is 0. The minimum Gasteiger partial charge on any atom is -0.395 e. The second kappa shape index (κ2) is 8.56. The van der Waals surface area contributed by atoms with E-state index in [0.717, 1.165) is 0 Å². The monoisotopic (exact) mass is 283 g/mol. The van der Waals surface area contributed by atoms with E-state index in [1.807, 2.05) is 38.7 Å². The summed E-state index contributed by atoms with van der Waals surface area (Å²) in [6, 6.07) is 1.90. The normalized spacial score (nSPS) is 11.9. The molecule has 0 aliphatic heterocycles. The molecular formula is C14H25N3O3. The molecule has 0 aliphatic rings. The Hall–Kier alpha value is -1.58. The number of carbonyl (C=O) groups is 1. The average Bonchev–Trinajstić information content (AvgIpc) is 2.37. The molecule has 2 N–H and O–H groups in total. The molecule has 0 radical (unpaired) electrons. The number of aliphatic hydroxyl groups excluding tert-OH is 2. The maximum atomic E-state index is 12.2. The fourth-order valence-corrected chi connectivity index (χ4v) is 1.77. The Kier molecular flexibility index (Phi) is 7.89. The van der Waals surface area contributed by atoms with Crippen LogP contribution in [0.1, 0.15) is 27.7 Å². The topological polar surface area (TPSA) is 87.8 Å². The van der Waals surface area contributed by atoms with Crippen molar-refractivity contribution in [3.05, 3.63) is 11.8 Å². The molecule has 0 saturated heterocycles. The highest BCUT2D eigenvalue weighted by molar-refractivity contribution is 5.97. The van der Waals surface area contributed by atoms with Gasteiger partial charge in [0, 0.05) is 31.4 Å². The van der Waals surface area contributed by atoms with Crippen LogP contribution in [0.5, 0.6) is 0 Å². The van der Waals surface area contributed by atoms with E-state index in [0.29, 0.717) is 6.54 Å². The number of carbonyl (C=O) groups excluding carboxylic acids is 1. The van der Waals surface area contributed by atoms with Gasteiger partial charge in [0.25, 0.3) is 5.91 Å². The third kappa shape index (κ3) is 5.59. The first-order valence-corrected chi connectivity index (χ1v) is 6.71. The van der Waals surface area contributed by atoms with Gasteiger partial charge in [-0.1, -0.05) is 0 Å². The molecule has 0 bridgehead atoms. The molecule has 0 aromatic rings. The molecule has 0 aromatic heterocycles. The zero-order valence-electron chi connectivity index (χ0n) is 12.8. The Balaban J connectivity index is 5.24. The maximum Gasteiger partial charge on any atom is 0.266 e. The first-order valence-electron chi connectivity index (χ1n) is 6.71. The molecule has 6 nitrogen and oxygen atoms in total.